The Morgan fingerprint density at radius 2 is 1.79 bits per heavy atom. The van der Waals surface area contributed by atoms with Gasteiger partial charge in [0.05, 0.1) is 25.9 Å². The number of rotatable bonds is 2. The Morgan fingerprint density at radius 3 is 2.47 bits per heavy atom. The van der Waals surface area contributed by atoms with E-state index in [0.29, 0.717) is 15.7 Å². The number of hydrogen-bond donors (Lipinski definition) is 1. The van der Waals surface area contributed by atoms with Crippen molar-refractivity contribution >= 4 is 71.5 Å². The first-order valence-corrected chi connectivity index (χ1v) is 7.77. The molecular formula is C13H7BrCl2N2S. The van der Waals surface area contributed by atoms with E-state index in [0.717, 1.165) is 19.8 Å². The normalized spacial score (nSPS) is 10.9. The molecule has 0 spiro atoms. The standard InChI is InChI=1S/C13H7BrCl2N2S/c14-7-5-8(15)12(9(16)6-7)18-13-17-10-3-1-2-4-11(10)19-13/h1-6H,(H,17,18). The summed E-state index contributed by atoms with van der Waals surface area (Å²) >= 11 is 17.3. The number of benzene rings is 2. The molecule has 0 radical (unpaired) electrons. The molecule has 96 valence electrons. The summed E-state index contributed by atoms with van der Waals surface area (Å²) in [7, 11) is 0. The third-order valence-electron chi connectivity index (χ3n) is 2.53. The van der Waals surface area contributed by atoms with Crippen molar-refractivity contribution in [1.29, 1.82) is 0 Å². The van der Waals surface area contributed by atoms with E-state index in [-0.39, 0.29) is 0 Å². The molecule has 0 aliphatic heterocycles. The summed E-state index contributed by atoms with van der Waals surface area (Å²) < 4.78 is 1.96. The molecule has 0 saturated carbocycles. The molecule has 1 N–H and O–H groups in total. The zero-order chi connectivity index (χ0) is 13.4. The van der Waals surface area contributed by atoms with Crippen LogP contribution in [0.5, 0.6) is 0 Å². The van der Waals surface area contributed by atoms with Crippen LogP contribution in [0.2, 0.25) is 10.0 Å². The van der Waals surface area contributed by atoms with Crippen LogP contribution in [0.1, 0.15) is 0 Å². The van der Waals surface area contributed by atoms with E-state index in [1.165, 1.54) is 0 Å². The molecule has 1 heterocycles. The maximum Gasteiger partial charge on any atom is 0.188 e. The second-order valence-electron chi connectivity index (χ2n) is 3.86. The minimum Gasteiger partial charge on any atom is -0.329 e. The van der Waals surface area contributed by atoms with Crippen LogP contribution in [-0.2, 0) is 0 Å². The summed E-state index contributed by atoms with van der Waals surface area (Å²) in [4.78, 5) is 4.49. The lowest BCUT2D eigenvalue weighted by atomic mass is 10.3. The molecule has 0 aliphatic carbocycles. The Kier molecular flexibility index (Phi) is 3.67. The van der Waals surface area contributed by atoms with Gasteiger partial charge in [0.25, 0.3) is 0 Å². The Morgan fingerprint density at radius 1 is 1.11 bits per heavy atom. The number of hydrogen-bond acceptors (Lipinski definition) is 3. The van der Waals surface area contributed by atoms with Crippen molar-refractivity contribution < 1.29 is 0 Å². The molecule has 0 unspecified atom stereocenters. The Balaban J connectivity index is 2.01. The zero-order valence-electron chi connectivity index (χ0n) is 9.45. The maximum absolute atomic E-state index is 6.18. The molecule has 0 saturated heterocycles. The largest absolute Gasteiger partial charge is 0.329 e. The number of fused-ring (bicyclic) bond motifs is 1. The summed E-state index contributed by atoms with van der Waals surface area (Å²) in [5.74, 6) is 0. The van der Waals surface area contributed by atoms with E-state index in [1.807, 2.05) is 24.3 Å². The second-order valence-corrected chi connectivity index (χ2v) is 6.62. The van der Waals surface area contributed by atoms with Crippen LogP contribution >= 0.6 is 50.5 Å². The number of aromatic nitrogens is 1. The van der Waals surface area contributed by atoms with Crippen molar-refractivity contribution in [2.45, 2.75) is 0 Å². The molecule has 19 heavy (non-hydrogen) atoms. The van der Waals surface area contributed by atoms with E-state index in [2.05, 4.69) is 26.2 Å². The first-order valence-electron chi connectivity index (χ1n) is 5.40. The minimum atomic E-state index is 0.554. The highest BCUT2D eigenvalue weighted by atomic mass is 79.9. The van der Waals surface area contributed by atoms with Gasteiger partial charge in [0.2, 0.25) is 0 Å². The van der Waals surface area contributed by atoms with Gasteiger partial charge in [-0.2, -0.15) is 0 Å². The van der Waals surface area contributed by atoms with Gasteiger partial charge >= 0.3 is 0 Å². The van der Waals surface area contributed by atoms with Crippen LogP contribution in [-0.4, -0.2) is 4.98 Å². The number of thiazole rings is 1. The first-order chi connectivity index (χ1) is 9.13. The van der Waals surface area contributed by atoms with E-state index < -0.39 is 0 Å². The van der Waals surface area contributed by atoms with Gasteiger partial charge in [0.15, 0.2) is 5.13 Å². The number of para-hydroxylation sites is 1. The molecule has 2 nitrogen and oxygen atoms in total. The monoisotopic (exact) mass is 372 g/mol. The van der Waals surface area contributed by atoms with Gasteiger partial charge in [-0.3, -0.25) is 0 Å². The van der Waals surface area contributed by atoms with Crippen LogP contribution in [0.15, 0.2) is 40.9 Å². The number of nitrogens with zero attached hydrogens (tertiary/aromatic N) is 1. The Labute approximate surface area is 132 Å². The summed E-state index contributed by atoms with van der Waals surface area (Å²) in [6, 6.07) is 11.5. The molecule has 0 bridgehead atoms. The van der Waals surface area contributed by atoms with Crippen molar-refractivity contribution in [2.75, 3.05) is 5.32 Å². The lowest BCUT2D eigenvalue weighted by molar-refractivity contribution is 1.44. The van der Waals surface area contributed by atoms with Crippen molar-refractivity contribution in [3.05, 3.63) is 50.9 Å². The van der Waals surface area contributed by atoms with Crippen LogP contribution in [0.25, 0.3) is 10.2 Å². The summed E-state index contributed by atoms with van der Waals surface area (Å²) in [6.07, 6.45) is 0. The average molecular weight is 374 g/mol. The lowest BCUT2D eigenvalue weighted by Gasteiger charge is -2.08. The molecule has 0 atom stereocenters. The molecule has 3 aromatic rings. The molecule has 6 heteroatoms. The van der Waals surface area contributed by atoms with Gasteiger partial charge in [0.1, 0.15) is 0 Å². The molecule has 1 aromatic heterocycles. The molecule has 3 rings (SSSR count). The maximum atomic E-state index is 6.18. The van der Waals surface area contributed by atoms with Gasteiger partial charge in [0, 0.05) is 4.47 Å². The van der Waals surface area contributed by atoms with E-state index in [1.54, 1.807) is 23.5 Å². The number of anilines is 2. The fraction of sp³-hybridized carbons (Fsp3) is 0. The third-order valence-corrected chi connectivity index (χ3v) is 4.54. The van der Waals surface area contributed by atoms with Crippen molar-refractivity contribution in [1.82, 2.24) is 4.98 Å². The van der Waals surface area contributed by atoms with Crippen molar-refractivity contribution in [3.63, 3.8) is 0 Å². The van der Waals surface area contributed by atoms with Crippen LogP contribution in [0.4, 0.5) is 10.8 Å². The smallest absolute Gasteiger partial charge is 0.188 e. The predicted octanol–water partition coefficient (Wildman–Crippen LogP) is 6.11. The van der Waals surface area contributed by atoms with Gasteiger partial charge in [-0.25, -0.2) is 4.98 Å². The highest BCUT2D eigenvalue weighted by Crippen LogP contribution is 2.37. The highest BCUT2D eigenvalue weighted by molar-refractivity contribution is 9.10. The summed E-state index contributed by atoms with van der Waals surface area (Å²) in [6.45, 7) is 0. The Bertz CT molecular complexity index is 701. The third kappa shape index (κ3) is 2.72. The molecular weight excluding hydrogens is 367 g/mol. The van der Waals surface area contributed by atoms with E-state index in [4.69, 9.17) is 23.2 Å². The van der Waals surface area contributed by atoms with Gasteiger partial charge in [-0.15, -0.1) is 0 Å². The first kappa shape index (κ1) is 13.2. The second kappa shape index (κ2) is 5.29. The SMILES string of the molecule is Clc1cc(Br)cc(Cl)c1Nc1nc2ccccc2s1. The Hall–Kier alpha value is -0.810. The lowest BCUT2D eigenvalue weighted by Crippen LogP contribution is -1.91. The minimum absolute atomic E-state index is 0.554. The van der Waals surface area contributed by atoms with E-state index >= 15 is 0 Å². The van der Waals surface area contributed by atoms with Crippen molar-refractivity contribution in [2.24, 2.45) is 0 Å². The highest BCUT2D eigenvalue weighted by Gasteiger charge is 2.10. The molecule has 0 amide bonds. The zero-order valence-corrected chi connectivity index (χ0v) is 13.4. The molecule has 0 fully saturated rings. The van der Waals surface area contributed by atoms with Crippen LogP contribution in [0.3, 0.4) is 0 Å². The number of halogens is 3. The predicted molar refractivity (Wildman–Crippen MR) is 87.1 cm³/mol. The topological polar surface area (TPSA) is 24.9 Å². The summed E-state index contributed by atoms with van der Waals surface area (Å²) in [5, 5.41) is 5.06. The number of nitrogens with one attached hydrogen (secondary N) is 1. The molecule has 0 aliphatic rings. The van der Waals surface area contributed by atoms with Crippen molar-refractivity contribution in [3.8, 4) is 0 Å². The fourth-order valence-electron chi connectivity index (χ4n) is 1.69. The quantitative estimate of drug-likeness (QED) is 0.586. The van der Waals surface area contributed by atoms with Gasteiger partial charge < -0.3 is 5.32 Å². The van der Waals surface area contributed by atoms with Gasteiger partial charge in [-0.1, -0.05) is 62.6 Å². The van der Waals surface area contributed by atoms with Crippen LogP contribution < -0.4 is 5.32 Å². The average Bonchev–Trinajstić information content (AvgIpc) is 2.76. The fourth-order valence-corrected chi connectivity index (χ4v) is 3.87. The van der Waals surface area contributed by atoms with Gasteiger partial charge in [-0.05, 0) is 24.3 Å². The molecule has 2 aromatic carbocycles. The van der Waals surface area contributed by atoms with Crippen LogP contribution in [0, 0.1) is 0 Å². The van der Waals surface area contributed by atoms with E-state index in [9.17, 15) is 0 Å². The summed E-state index contributed by atoms with van der Waals surface area (Å²) in [5.41, 5.74) is 1.63.